The van der Waals surface area contributed by atoms with Gasteiger partial charge in [-0.25, -0.2) is 4.98 Å². The normalized spacial score (nSPS) is 14.9. The molecule has 5 nitrogen and oxygen atoms in total. The highest BCUT2D eigenvalue weighted by Crippen LogP contribution is 2.33. The van der Waals surface area contributed by atoms with E-state index in [1.54, 1.807) is 0 Å². The van der Waals surface area contributed by atoms with Gasteiger partial charge in [-0.2, -0.15) is 0 Å². The van der Waals surface area contributed by atoms with Crippen molar-refractivity contribution in [2.45, 2.75) is 45.1 Å². The third-order valence-electron chi connectivity index (χ3n) is 6.95. The lowest BCUT2D eigenvalue weighted by Gasteiger charge is -2.22. The first-order valence-corrected chi connectivity index (χ1v) is 13.5. The molecule has 0 saturated heterocycles. The van der Waals surface area contributed by atoms with Crippen LogP contribution in [0, 0.1) is 6.92 Å². The molecule has 2 aromatic carbocycles. The van der Waals surface area contributed by atoms with Crippen molar-refractivity contribution in [3.63, 3.8) is 0 Å². The van der Waals surface area contributed by atoms with Crippen LogP contribution in [0.15, 0.2) is 77.9 Å². The number of anilines is 2. The molecule has 0 amide bonds. The zero-order valence-electron chi connectivity index (χ0n) is 20.6. The summed E-state index contributed by atoms with van der Waals surface area (Å²) in [6.07, 6.45) is 7.83. The van der Waals surface area contributed by atoms with E-state index in [1.807, 2.05) is 61.7 Å². The van der Waals surface area contributed by atoms with Gasteiger partial charge in [0.05, 0.1) is 61.4 Å². The highest BCUT2D eigenvalue weighted by atomic mass is 35.5. The van der Waals surface area contributed by atoms with Gasteiger partial charge in [-0.3, -0.25) is 9.98 Å². The molecule has 7 heteroatoms. The van der Waals surface area contributed by atoms with Crippen molar-refractivity contribution in [2.24, 2.45) is 4.99 Å². The summed E-state index contributed by atoms with van der Waals surface area (Å²) >= 11 is 12.7. The second-order valence-electron chi connectivity index (χ2n) is 9.63. The maximum atomic E-state index is 6.46. The molecule has 0 radical (unpaired) electrons. The number of nitrogens with zero attached hydrogens (tertiary/aromatic N) is 4. The quantitative estimate of drug-likeness (QED) is 0.240. The Morgan fingerprint density at radius 2 is 1.76 bits per heavy atom. The minimum absolute atomic E-state index is 0.315. The van der Waals surface area contributed by atoms with Crippen LogP contribution in [0.3, 0.4) is 0 Å². The third-order valence-corrected chi connectivity index (χ3v) is 7.68. The minimum Gasteiger partial charge on any atom is -0.352 e. The number of aryl methyl sites for hydroxylation is 1. The molecule has 1 fully saturated rings. The predicted molar refractivity (Wildman–Crippen MR) is 152 cm³/mol. The molecule has 1 N–H and O–H groups in total. The summed E-state index contributed by atoms with van der Waals surface area (Å²) in [5.74, 6) is 0. The number of benzene rings is 3. The summed E-state index contributed by atoms with van der Waals surface area (Å²) in [6, 6.07) is 22.5. The van der Waals surface area contributed by atoms with Crippen LogP contribution in [-0.2, 0) is 0 Å². The average Bonchev–Trinajstić information content (AvgIpc) is 2.91. The third kappa shape index (κ3) is 4.94. The van der Waals surface area contributed by atoms with Crippen molar-refractivity contribution >= 4 is 45.6 Å². The minimum atomic E-state index is 0.315. The Kier molecular flexibility index (Phi) is 6.58. The zero-order valence-corrected chi connectivity index (χ0v) is 22.1. The van der Waals surface area contributed by atoms with Crippen LogP contribution in [0.25, 0.3) is 28.1 Å². The SMILES string of the molecule is Cc1ccc(Nc2cc3nc4ccccc4n(-c4ccc(Cl)c(Cl)c4)c-3c/c2=N\C2CCCCC2)cn1. The molecule has 0 bridgehead atoms. The highest BCUT2D eigenvalue weighted by Gasteiger charge is 2.19. The second kappa shape index (κ2) is 10.2. The molecule has 0 atom stereocenters. The van der Waals surface area contributed by atoms with Crippen LogP contribution in [0.5, 0.6) is 0 Å². The van der Waals surface area contributed by atoms with Gasteiger partial charge in [0.1, 0.15) is 0 Å². The number of pyridine rings is 1. The molecule has 37 heavy (non-hydrogen) atoms. The summed E-state index contributed by atoms with van der Waals surface area (Å²) in [6.45, 7) is 1.99. The molecule has 1 saturated carbocycles. The number of hydrogen-bond donors (Lipinski definition) is 1. The first kappa shape index (κ1) is 24.0. The molecule has 2 heterocycles. The number of rotatable bonds is 4. The van der Waals surface area contributed by atoms with Crippen molar-refractivity contribution in [1.29, 1.82) is 0 Å². The van der Waals surface area contributed by atoms with E-state index >= 15 is 0 Å². The van der Waals surface area contributed by atoms with Crippen molar-refractivity contribution < 1.29 is 0 Å². The molecule has 3 aliphatic rings. The second-order valence-corrected chi connectivity index (χ2v) is 10.4. The van der Waals surface area contributed by atoms with Crippen LogP contribution in [0.4, 0.5) is 11.4 Å². The molecule has 0 spiro atoms. The van der Waals surface area contributed by atoms with Gasteiger partial charge in [0.15, 0.2) is 0 Å². The van der Waals surface area contributed by atoms with Crippen molar-refractivity contribution in [1.82, 2.24) is 14.5 Å². The predicted octanol–water partition coefficient (Wildman–Crippen LogP) is 8.12. The van der Waals surface area contributed by atoms with E-state index in [9.17, 15) is 0 Å². The van der Waals surface area contributed by atoms with Crippen LogP contribution in [0.2, 0.25) is 10.0 Å². The summed E-state index contributed by atoms with van der Waals surface area (Å²) in [7, 11) is 0. The van der Waals surface area contributed by atoms with Crippen molar-refractivity contribution in [3.8, 4) is 17.1 Å². The fraction of sp³-hybridized carbons (Fsp3) is 0.233. The van der Waals surface area contributed by atoms with Crippen LogP contribution < -0.4 is 10.7 Å². The topological polar surface area (TPSA) is 55.1 Å². The van der Waals surface area contributed by atoms with E-state index < -0.39 is 0 Å². The Bertz CT molecular complexity index is 1620. The van der Waals surface area contributed by atoms with Crippen molar-refractivity contribution in [2.75, 3.05) is 5.32 Å². The summed E-state index contributed by atoms with van der Waals surface area (Å²) < 4.78 is 2.19. The number of aromatic nitrogens is 3. The molecule has 0 unspecified atom stereocenters. The fourth-order valence-electron chi connectivity index (χ4n) is 5.06. The molecule has 1 aliphatic heterocycles. The number of hydrogen-bond acceptors (Lipinski definition) is 4. The van der Waals surface area contributed by atoms with Gasteiger partial charge in [-0.15, -0.1) is 0 Å². The van der Waals surface area contributed by atoms with Crippen molar-refractivity contribution in [3.05, 3.63) is 94.0 Å². The Labute approximate surface area is 226 Å². The number of nitrogens with one attached hydrogen (secondary N) is 1. The average molecular weight is 528 g/mol. The van der Waals surface area contributed by atoms with E-state index in [0.717, 1.165) is 63.4 Å². The van der Waals surface area contributed by atoms with E-state index in [0.29, 0.717) is 16.1 Å². The maximum absolute atomic E-state index is 6.46. The molecule has 186 valence electrons. The molecule has 6 rings (SSSR count). The lowest BCUT2D eigenvalue weighted by atomic mass is 9.96. The van der Waals surface area contributed by atoms with E-state index in [2.05, 4.69) is 33.1 Å². The zero-order chi connectivity index (χ0) is 25.4. The van der Waals surface area contributed by atoms with Gasteiger partial charge in [-0.05, 0) is 74.4 Å². The first-order valence-electron chi connectivity index (χ1n) is 12.7. The molecule has 3 aromatic rings. The number of halogens is 2. The van der Waals surface area contributed by atoms with Gasteiger partial charge in [-0.1, -0.05) is 54.6 Å². The smallest absolute Gasteiger partial charge is 0.0900 e. The first-order chi connectivity index (χ1) is 18.0. The lowest BCUT2D eigenvalue weighted by Crippen LogP contribution is -2.19. The Hall–Kier alpha value is -3.41. The number of para-hydroxylation sites is 2. The molecular weight excluding hydrogens is 501 g/mol. The van der Waals surface area contributed by atoms with Gasteiger partial charge < -0.3 is 9.88 Å². The Balaban J connectivity index is 1.62. The molecule has 2 aliphatic carbocycles. The maximum Gasteiger partial charge on any atom is 0.0900 e. The summed E-state index contributed by atoms with van der Waals surface area (Å²) in [5, 5.41) is 5.52. The molecule has 1 aromatic heterocycles. The molecular formula is C30H27Cl2N5. The Morgan fingerprint density at radius 3 is 2.54 bits per heavy atom. The van der Waals surface area contributed by atoms with Gasteiger partial charge in [0, 0.05) is 11.4 Å². The summed E-state index contributed by atoms with van der Waals surface area (Å²) in [5.41, 5.74) is 7.43. The highest BCUT2D eigenvalue weighted by molar-refractivity contribution is 6.42. The van der Waals surface area contributed by atoms with E-state index in [-0.39, 0.29) is 0 Å². The van der Waals surface area contributed by atoms with E-state index in [4.69, 9.17) is 33.2 Å². The van der Waals surface area contributed by atoms with Gasteiger partial charge in [0.25, 0.3) is 0 Å². The van der Waals surface area contributed by atoms with E-state index in [1.165, 1.54) is 19.3 Å². The van der Waals surface area contributed by atoms with Crippen LogP contribution in [0.1, 0.15) is 37.8 Å². The summed E-state index contributed by atoms with van der Waals surface area (Å²) in [4.78, 5) is 14.7. The van der Waals surface area contributed by atoms with Gasteiger partial charge in [0.2, 0.25) is 0 Å². The van der Waals surface area contributed by atoms with Gasteiger partial charge >= 0.3 is 0 Å². The van der Waals surface area contributed by atoms with Crippen LogP contribution >= 0.6 is 23.2 Å². The number of fused-ring (bicyclic) bond motifs is 2. The van der Waals surface area contributed by atoms with Crippen LogP contribution in [-0.4, -0.2) is 20.6 Å². The fourth-order valence-corrected chi connectivity index (χ4v) is 5.35. The standard InChI is InChI=1S/C30H27Cl2N5/c1-19-11-12-21(18-33-19)35-26-16-28-30(17-27(26)34-20-7-3-2-4-8-20)37(22-13-14-23(31)24(32)15-22)29-10-6-5-9-25(29)36-28/h5-6,9-18,20,35H,2-4,7-8H2,1H3/b34-27+. The lowest BCUT2D eigenvalue weighted by molar-refractivity contribution is 0.437. The largest absolute Gasteiger partial charge is 0.352 e. The Morgan fingerprint density at radius 1 is 0.919 bits per heavy atom. The monoisotopic (exact) mass is 527 g/mol.